The fraction of sp³-hybridized carbons (Fsp3) is 0.231. The third-order valence-corrected chi connectivity index (χ3v) is 2.67. The third kappa shape index (κ3) is 1.57. The molecule has 3 rings (SSSR count). The standard InChI is InChI=1S/C13H12O2/c1-2-6-11-10(4-1)5-3-7-12(11)15-13-8-9-14-13/h1-7,13H,8-9H2. The molecule has 2 heteroatoms. The van der Waals surface area contributed by atoms with E-state index in [4.69, 9.17) is 9.47 Å². The molecule has 1 aliphatic rings. The Morgan fingerprint density at radius 2 is 1.87 bits per heavy atom. The van der Waals surface area contributed by atoms with Crippen LogP contribution >= 0.6 is 0 Å². The Labute approximate surface area is 88.4 Å². The largest absolute Gasteiger partial charge is 0.464 e. The zero-order valence-corrected chi connectivity index (χ0v) is 8.35. The molecule has 1 saturated heterocycles. The van der Waals surface area contributed by atoms with Gasteiger partial charge in [0.1, 0.15) is 5.75 Å². The molecule has 1 atom stereocenters. The molecule has 0 aromatic heterocycles. The predicted octanol–water partition coefficient (Wildman–Crippen LogP) is 2.97. The molecule has 2 nitrogen and oxygen atoms in total. The van der Waals surface area contributed by atoms with Crippen molar-refractivity contribution in [1.29, 1.82) is 0 Å². The van der Waals surface area contributed by atoms with E-state index < -0.39 is 0 Å². The van der Waals surface area contributed by atoms with Crippen LogP contribution in [0.1, 0.15) is 6.42 Å². The third-order valence-electron chi connectivity index (χ3n) is 2.67. The summed E-state index contributed by atoms with van der Waals surface area (Å²) in [5.74, 6) is 0.915. The highest BCUT2D eigenvalue weighted by Crippen LogP contribution is 2.28. The van der Waals surface area contributed by atoms with E-state index in [1.54, 1.807) is 0 Å². The summed E-state index contributed by atoms with van der Waals surface area (Å²) in [6, 6.07) is 14.3. The maximum atomic E-state index is 5.74. The molecule has 2 aromatic rings. The van der Waals surface area contributed by atoms with Gasteiger partial charge in [-0.3, -0.25) is 0 Å². The van der Waals surface area contributed by atoms with Crippen LogP contribution in [0.25, 0.3) is 10.8 Å². The molecule has 0 radical (unpaired) electrons. The van der Waals surface area contributed by atoms with Gasteiger partial charge >= 0.3 is 0 Å². The Bertz CT molecular complexity index is 469. The molecule has 1 heterocycles. The molecule has 1 aliphatic heterocycles. The highest BCUT2D eigenvalue weighted by atomic mass is 16.7. The molecule has 2 aromatic carbocycles. The highest BCUT2D eigenvalue weighted by Gasteiger charge is 2.20. The van der Waals surface area contributed by atoms with Gasteiger partial charge in [0.15, 0.2) is 0 Å². The zero-order valence-electron chi connectivity index (χ0n) is 8.35. The Hall–Kier alpha value is -1.54. The van der Waals surface area contributed by atoms with Crippen LogP contribution in [0.15, 0.2) is 42.5 Å². The smallest absolute Gasteiger partial charge is 0.202 e. The average Bonchev–Trinajstić information content (AvgIpc) is 2.23. The summed E-state index contributed by atoms with van der Waals surface area (Å²) in [5.41, 5.74) is 0. The van der Waals surface area contributed by atoms with E-state index in [-0.39, 0.29) is 6.29 Å². The first-order valence-corrected chi connectivity index (χ1v) is 5.19. The van der Waals surface area contributed by atoms with Crippen LogP contribution in [0.3, 0.4) is 0 Å². The highest BCUT2D eigenvalue weighted by molar-refractivity contribution is 5.88. The lowest BCUT2D eigenvalue weighted by Crippen LogP contribution is -2.32. The van der Waals surface area contributed by atoms with Gasteiger partial charge in [-0.05, 0) is 11.5 Å². The van der Waals surface area contributed by atoms with Crippen molar-refractivity contribution >= 4 is 10.8 Å². The predicted molar refractivity (Wildman–Crippen MR) is 58.9 cm³/mol. The summed E-state index contributed by atoms with van der Waals surface area (Å²) in [6.07, 6.45) is 0.944. The van der Waals surface area contributed by atoms with Crippen molar-refractivity contribution in [3.05, 3.63) is 42.5 Å². The molecule has 76 valence electrons. The summed E-state index contributed by atoms with van der Waals surface area (Å²) in [5, 5.41) is 2.35. The zero-order chi connectivity index (χ0) is 10.1. The second-order valence-corrected chi connectivity index (χ2v) is 3.68. The van der Waals surface area contributed by atoms with Crippen molar-refractivity contribution < 1.29 is 9.47 Å². The van der Waals surface area contributed by atoms with Gasteiger partial charge in [0.05, 0.1) is 6.61 Å². The van der Waals surface area contributed by atoms with E-state index in [0.29, 0.717) is 0 Å². The molecule has 0 spiro atoms. The second-order valence-electron chi connectivity index (χ2n) is 3.68. The molecule has 0 amide bonds. The van der Waals surface area contributed by atoms with Crippen molar-refractivity contribution in [1.82, 2.24) is 0 Å². The van der Waals surface area contributed by atoms with Crippen LogP contribution in [0.5, 0.6) is 5.75 Å². The first-order valence-electron chi connectivity index (χ1n) is 5.19. The second kappa shape index (κ2) is 3.55. The lowest BCUT2D eigenvalue weighted by molar-refractivity contribution is -0.164. The van der Waals surface area contributed by atoms with E-state index in [2.05, 4.69) is 18.2 Å². The van der Waals surface area contributed by atoms with Crippen molar-refractivity contribution in [3.63, 3.8) is 0 Å². The van der Waals surface area contributed by atoms with Gasteiger partial charge in [-0.2, -0.15) is 0 Å². The van der Waals surface area contributed by atoms with E-state index in [9.17, 15) is 0 Å². The summed E-state index contributed by atoms with van der Waals surface area (Å²) in [7, 11) is 0. The number of benzene rings is 2. The summed E-state index contributed by atoms with van der Waals surface area (Å²) in [4.78, 5) is 0. The summed E-state index contributed by atoms with van der Waals surface area (Å²) < 4.78 is 11.0. The minimum Gasteiger partial charge on any atom is -0.464 e. The molecule has 1 fully saturated rings. The molecular formula is C13H12O2. The van der Waals surface area contributed by atoms with Crippen LogP contribution in [-0.4, -0.2) is 12.9 Å². The van der Waals surface area contributed by atoms with Gasteiger partial charge in [0.2, 0.25) is 6.29 Å². The fourth-order valence-electron chi connectivity index (χ4n) is 1.75. The minimum absolute atomic E-state index is 0.0455. The van der Waals surface area contributed by atoms with Crippen LogP contribution < -0.4 is 4.74 Å². The quantitative estimate of drug-likeness (QED) is 0.742. The minimum atomic E-state index is -0.0455. The SMILES string of the molecule is c1ccc2c(OC3CCO3)cccc2c1. The molecule has 0 saturated carbocycles. The first-order chi connectivity index (χ1) is 7.43. The normalized spacial score (nSPS) is 19.9. The number of hydrogen-bond acceptors (Lipinski definition) is 2. The van der Waals surface area contributed by atoms with Crippen molar-refractivity contribution in [2.45, 2.75) is 12.7 Å². The molecule has 15 heavy (non-hydrogen) atoms. The lowest BCUT2D eigenvalue weighted by atomic mass is 10.1. The topological polar surface area (TPSA) is 18.5 Å². The van der Waals surface area contributed by atoms with Crippen molar-refractivity contribution in [2.24, 2.45) is 0 Å². The van der Waals surface area contributed by atoms with E-state index >= 15 is 0 Å². The van der Waals surface area contributed by atoms with E-state index in [0.717, 1.165) is 24.2 Å². The van der Waals surface area contributed by atoms with Crippen LogP contribution in [0, 0.1) is 0 Å². The Morgan fingerprint density at radius 1 is 1.07 bits per heavy atom. The molecule has 0 N–H and O–H groups in total. The van der Waals surface area contributed by atoms with Crippen LogP contribution in [0.2, 0.25) is 0 Å². The average molecular weight is 200 g/mol. The van der Waals surface area contributed by atoms with Crippen molar-refractivity contribution in [3.8, 4) is 5.75 Å². The summed E-state index contributed by atoms with van der Waals surface area (Å²) in [6.45, 7) is 0.815. The molecular weight excluding hydrogens is 188 g/mol. The van der Waals surface area contributed by atoms with E-state index in [1.807, 2.05) is 24.3 Å². The van der Waals surface area contributed by atoms with Crippen LogP contribution in [-0.2, 0) is 4.74 Å². The monoisotopic (exact) mass is 200 g/mol. The Morgan fingerprint density at radius 3 is 2.67 bits per heavy atom. The number of fused-ring (bicyclic) bond motifs is 1. The maximum Gasteiger partial charge on any atom is 0.202 e. The fourth-order valence-corrected chi connectivity index (χ4v) is 1.75. The van der Waals surface area contributed by atoms with Gasteiger partial charge in [-0.25, -0.2) is 0 Å². The molecule has 1 unspecified atom stereocenters. The van der Waals surface area contributed by atoms with Crippen LogP contribution in [0.4, 0.5) is 0 Å². The molecule has 0 bridgehead atoms. The molecule has 0 aliphatic carbocycles. The van der Waals surface area contributed by atoms with E-state index in [1.165, 1.54) is 5.39 Å². The number of ether oxygens (including phenoxy) is 2. The maximum absolute atomic E-state index is 5.74. The number of rotatable bonds is 2. The Kier molecular flexibility index (Phi) is 2.07. The van der Waals surface area contributed by atoms with Gasteiger partial charge in [-0.15, -0.1) is 0 Å². The van der Waals surface area contributed by atoms with Gasteiger partial charge in [0, 0.05) is 11.8 Å². The van der Waals surface area contributed by atoms with Gasteiger partial charge < -0.3 is 9.47 Å². The van der Waals surface area contributed by atoms with Gasteiger partial charge in [0.25, 0.3) is 0 Å². The Balaban J connectivity index is 2.01. The van der Waals surface area contributed by atoms with Crippen molar-refractivity contribution in [2.75, 3.05) is 6.61 Å². The number of hydrogen-bond donors (Lipinski definition) is 0. The van der Waals surface area contributed by atoms with Gasteiger partial charge in [-0.1, -0.05) is 36.4 Å². The summed E-state index contributed by atoms with van der Waals surface area (Å²) >= 11 is 0. The first kappa shape index (κ1) is 8.74. The lowest BCUT2D eigenvalue weighted by Gasteiger charge is -2.27.